The van der Waals surface area contributed by atoms with Gasteiger partial charge in [-0.15, -0.1) is 0 Å². The van der Waals surface area contributed by atoms with Crippen molar-refractivity contribution in [2.24, 2.45) is 0 Å². The normalized spacial score (nSPS) is 14.7. The Labute approximate surface area is 202 Å². The van der Waals surface area contributed by atoms with Gasteiger partial charge in [0.2, 0.25) is 0 Å². The lowest BCUT2D eigenvalue weighted by molar-refractivity contribution is 0.603. The van der Waals surface area contributed by atoms with E-state index in [2.05, 4.69) is 79.9 Å². The Bertz CT molecular complexity index is 1960. The molecule has 1 aliphatic carbocycles. The topological polar surface area (TPSA) is 17.1 Å². The zero-order chi connectivity index (χ0) is 22.7. The van der Waals surface area contributed by atoms with E-state index in [9.17, 15) is 4.57 Å². The molecular formula is C31H17OPS. The summed E-state index contributed by atoms with van der Waals surface area (Å²) in [7, 11) is 0.0301. The van der Waals surface area contributed by atoms with E-state index in [0.717, 1.165) is 44.8 Å². The highest BCUT2D eigenvalue weighted by Gasteiger charge is 2.27. The summed E-state index contributed by atoms with van der Waals surface area (Å²) in [6, 6.07) is 24.4. The molecule has 3 heteroatoms. The van der Waals surface area contributed by atoms with Crippen LogP contribution in [-0.4, -0.2) is 0 Å². The SMILES string of the molecule is C=C1CC(=C)c2c(P=O)cc3c4ccc5c6c(ccc(c7ccc1c2c73)c64)Sc1ccccc1-5. The summed E-state index contributed by atoms with van der Waals surface area (Å²) in [5.74, 6) is 0. The Balaban J connectivity index is 1.67. The number of rotatable bonds is 1. The van der Waals surface area contributed by atoms with Crippen molar-refractivity contribution in [1.82, 2.24) is 0 Å². The van der Waals surface area contributed by atoms with Crippen molar-refractivity contribution in [2.75, 3.05) is 0 Å². The summed E-state index contributed by atoms with van der Waals surface area (Å²) in [6.45, 7) is 8.69. The van der Waals surface area contributed by atoms with E-state index >= 15 is 0 Å². The first-order valence-electron chi connectivity index (χ1n) is 11.4. The van der Waals surface area contributed by atoms with Crippen LogP contribution in [0.2, 0.25) is 0 Å². The van der Waals surface area contributed by atoms with Crippen LogP contribution in [-0.2, 0) is 4.57 Å². The highest BCUT2D eigenvalue weighted by molar-refractivity contribution is 7.99. The highest BCUT2D eigenvalue weighted by Crippen LogP contribution is 2.53. The van der Waals surface area contributed by atoms with Gasteiger partial charge in [-0.05, 0) is 90.2 Å². The number of benzene rings is 6. The quantitative estimate of drug-likeness (QED) is 0.136. The van der Waals surface area contributed by atoms with Gasteiger partial charge in [0.05, 0.1) is 5.30 Å². The second kappa shape index (κ2) is 6.36. The van der Waals surface area contributed by atoms with Crippen LogP contribution in [0.3, 0.4) is 0 Å². The Kier molecular flexibility index (Phi) is 3.54. The summed E-state index contributed by atoms with van der Waals surface area (Å²) >= 11 is 1.85. The largest absolute Gasteiger partial charge is 0.269 e. The van der Waals surface area contributed by atoms with Gasteiger partial charge in [0, 0.05) is 20.7 Å². The molecule has 6 aromatic carbocycles. The van der Waals surface area contributed by atoms with Crippen molar-refractivity contribution >= 4 is 79.8 Å². The van der Waals surface area contributed by atoms with Gasteiger partial charge in [0.1, 0.15) is 0 Å². The first-order chi connectivity index (χ1) is 16.7. The molecule has 1 heterocycles. The molecule has 0 spiro atoms. The fourth-order valence-electron chi connectivity index (χ4n) is 6.27. The van der Waals surface area contributed by atoms with Crippen LogP contribution < -0.4 is 5.30 Å². The van der Waals surface area contributed by atoms with Gasteiger partial charge in [0.25, 0.3) is 0 Å². The molecule has 0 unspecified atom stereocenters. The summed E-state index contributed by atoms with van der Waals surface area (Å²) in [4.78, 5) is 2.60. The van der Waals surface area contributed by atoms with Gasteiger partial charge in [0.15, 0.2) is 8.46 Å². The van der Waals surface area contributed by atoms with Gasteiger partial charge in [-0.1, -0.05) is 73.5 Å². The van der Waals surface area contributed by atoms with E-state index in [4.69, 9.17) is 0 Å². The molecule has 0 radical (unpaired) electrons. The van der Waals surface area contributed by atoms with E-state index in [0.29, 0.717) is 0 Å². The third-order valence-electron chi connectivity index (χ3n) is 7.62. The minimum absolute atomic E-state index is 0.0301. The minimum Gasteiger partial charge on any atom is -0.269 e. The smallest absolute Gasteiger partial charge is 0.192 e. The maximum atomic E-state index is 12.4. The second-order valence-electron chi connectivity index (χ2n) is 9.32. The van der Waals surface area contributed by atoms with Crippen LogP contribution >= 0.6 is 20.2 Å². The van der Waals surface area contributed by atoms with Crippen LogP contribution in [0.5, 0.6) is 0 Å². The zero-order valence-electron chi connectivity index (χ0n) is 18.2. The predicted molar refractivity (Wildman–Crippen MR) is 147 cm³/mol. The first kappa shape index (κ1) is 18.9. The molecule has 0 amide bonds. The number of hydrogen-bond donors (Lipinski definition) is 0. The zero-order valence-corrected chi connectivity index (χ0v) is 19.9. The average molecular weight is 469 g/mol. The van der Waals surface area contributed by atoms with E-state index in [1.807, 2.05) is 11.8 Å². The van der Waals surface area contributed by atoms with Crippen molar-refractivity contribution in [2.45, 2.75) is 16.2 Å². The maximum absolute atomic E-state index is 12.4. The fourth-order valence-corrected chi connectivity index (χ4v) is 7.94. The number of allylic oxidation sites excluding steroid dienone is 2. The van der Waals surface area contributed by atoms with Gasteiger partial charge >= 0.3 is 0 Å². The van der Waals surface area contributed by atoms with Crippen molar-refractivity contribution < 1.29 is 4.57 Å². The molecular weight excluding hydrogens is 451 g/mol. The number of fused-ring (bicyclic) bond motifs is 4. The second-order valence-corrected chi connectivity index (χ2v) is 11.1. The summed E-state index contributed by atoms with van der Waals surface area (Å²) in [5, 5.41) is 10.7. The molecule has 1 nitrogen and oxygen atoms in total. The standard InChI is InChI=1S/C31H17OPS/c1-15-13-16(2)27-24(33-32)14-23-22-10-9-19-18-5-3-4-6-25(18)34-26-12-11-21(28(22)30(19)26)20-8-7-17(15)31(27)29(20)23/h3-12,14H,1-2,13H2. The molecule has 2 aliphatic rings. The molecule has 6 aromatic rings. The van der Waals surface area contributed by atoms with Crippen molar-refractivity contribution in [3.63, 3.8) is 0 Å². The van der Waals surface area contributed by atoms with Crippen LogP contribution in [0.25, 0.3) is 65.4 Å². The molecule has 1 aliphatic heterocycles. The molecule has 8 rings (SSSR count). The summed E-state index contributed by atoms with van der Waals surface area (Å²) in [5.41, 5.74) is 6.88. The van der Waals surface area contributed by atoms with Crippen molar-refractivity contribution in [1.29, 1.82) is 0 Å². The number of hydrogen-bond acceptors (Lipinski definition) is 2. The Hall–Kier alpha value is -3.45. The lowest BCUT2D eigenvalue weighted by atomic mass is 9.79. The van der Waals surface area contributed by atoms with Crippen LogP contribution in [0.15, 0.2) is 89.7 Å². The lowest BCUT2D eigenvalue weighted by Crippen LogP contribution is -2.10. The molecule has 0 fully saturated rings. The average Bonchev–Trinajstić information content (AvgIpc) is 2.87. The van der Waals surface area contributed by atoms with E-state index in [-0.39, 0.29) is 8.46 Å². The molecule has 0 aromatic heterocycles. The Morgan fingerprint density at radius 1 is 0.647 bits per heavy atom. The van der Waals surface area contributed by atoms with E-state index < -0.39 is 0 Å². The Morgan fingerprint density at radius 3 is 2.18 bits per heavy atom. The molecule has 0 bridgehead atoms. The Morgan fingerprint density at radius 2 is 1.35 bits per heavy atom. The van der Waals surface area contributed by atoms with Gasteiger partial charge in [-0.3, -0.25) is 4.57 Å². The van der Waals surface area contributed by atoms with Crippen LogP contribution in [0.4, 0.5) is 0 Å². The van der Waals surface area contributed by atoms with Crippen molar-refractivity contribution in [3.05, 3.63) is 91.0 Å². The fraction of sp³-hybridized carbons (Fsp3) is 0.0323. The molecule has 0 saturated carbocycles. The third kappa shape index (κ3) is 2.14. The maximum Gasteiger partial charge on any atom is 0.192 e. The predicted octanol–water partition coefficient (Wildman–Crippen LogP) is 9.22. The summed E-state index contributed by atoms with van der Waals surface area (Å²) < 4.78 is 12.4. The summed E-state index contributed by atoms with van der Waals surface area (Å²) in [6.07, 6.45) is 0.721. The molecule has 34 heavy (non-hydrogen) atoms. The van der Waals surface area contributed by atoms with Crippen molar-refractivity contribution in [3.8, 4) is 11.1 Å². The third-order valence-corrected chi connectivity index (χ3v) is 9.31. The lowest BCUT2D eigenvalue weighted by Gasteiger charge is -2.27. The van der Waals surface area contributed by atoms with E-state index in [1.54, 1.807) is 0 Å². The molecule has 0 N–H and O–H groups in total. The van der Waals surface area contributed by atoms with E-state index in [1.165, 1.54) is 53.2 Å². The van der Waals surface area contributed by atoms with Gasteiger partial charge in [-0.2, -0.15) is 0 Å². The van der Waals surface area contributed by atoms with Crippen LogP contribution in [0.1, 0.15) is 17.5 Å². The molecule has 0 saturated heterocycles. The highest BCUT2D eigenvalue weighted by atomic mass is 32.2. The monoisotopic (exact) mass is 468 g/mol. The van der Waals surface area contributed by atoms with Gasteiger partial charge < -0.3 is 0 Å². The first-order valence-corrected chi connectivity index (χ1v) is 13.0. The van der Waals surface area contributed by atoms with Gasteiger partial charge in [-0.25, -0.2) is 0 Å². The minimum atomic E-state index is 0.0301. The molecule has 158 valence electrons. The van der Waals surface area contributed by atoms with Crippen LogP contribution in [0, 0.1) is 0 Å². The molecule has 0 atom stereocenters.